The molecule has 190 valence electrons. The van der Waals surface area contributed by atoms with Crippen LogP contribution in [0, 0.1) is 10.1 Å². The van der Waals surface area contributed by atoms with Gasteiger partial charge in [-0.05, 0) is 63.5 Å². The van der Waals surface area contributed by atoms with E-state index in [9.17, 15) is 19.7 Å². The van der Waals surface area contributed by atoms with Crippen LogP contribution in [0.15, 0.2) is 39.7 Å². The standard InChI is InChI=1S/C22H23BrN6O7/c1-21(2,3)34-19(30)28(20(31)35-22(4,5)6)18-17(26-16(23)11-25-18)15-9-14(27-36-15)13-8-7-12(10-24-13)29(32)33/h7-11H,1-6H3. The summed E-state index contributed by atoms with van der Waals surface area (Å²) in [6.45, 7) is 9.87. The molecule has 0 aliphatic heterocycles. The Morgan fingerprint density at radius 2 is 1.61 bits per heavy atom. The number of hydrogen-bond donors (Lipinski definition) is 0. The molecule has 0 unspecified atom stereocenters. The number of carbonyl (C=O) groups excluding carboxylic acids is 2. The first-order valence-electron chi connectivity index (χ1n) is 10.5. The first-order chi connectivity index (χ1) is 16.6. The summed E-state index contributed by atoms with van der Waals surface area (Å²) < 4.78 is 16.5. The molecule has 3 aromatic rings. The van der Waals surface area contributed by atoms with Crippen LogP contribution in [0.3, 0.4) is 0 Å². The Balaban J connectivity index is 2.09. The van der Waals surface area contributed by atoms with Gasteiger partial charge in [0.05, 0.1) is 16.8 Å². The Bertz CT molecular complexity index is 1270. The number of nitrogens with zero attached hydrogens (tertiary/aromatic N) is 6. The van der Waals surface area contributed by atoms with Gasteiger partial charge < -0.3 is 14.0 Å². The lowest BCUT2D eigenvalue weighted by molar-refractivity contribution is -0.385. The van der Waals surface area contributed by atoms with Gasteiger partial charge in [-0.1, -0.05) is 5.16 Å². The van der Waals surface area contributed by atoms with Gasteiger partial charge in [-0.15, -0.1) is 0 Å². The van der Waals surface area contributed by atoms with E-state index >= 15 is 0 Å². The van der Waals surface area contributed by atoms with Crippen molar-refractivity contribution in [2.24, 2.45) is 0 Å². The molecule has 13 nitrogen and oxygen atoms in total. The Labute approximate surface area is 214 Å². The number of amides is 2. The van der Waals surface area contributed by atoms with Crippen molar-refractivity contribution < 1.29 is 28.5 Å². The minimum absolute atomic E-state index is 0.0262. The molecule has 0 saturated heterocycles. The van der Waals surface area contributed by atoms with Crippen LogP contribution < -0.4 is 4.90 Å². The van der Waals surface area contributed by atoms with E-state index in [-0.39, 0.29) is 39.0 Å². The number of imide groups is 1. The summed E-state index contributed by atoms with van der Waals surface area (Å²) in [6.07, 6.45) is 0.300. The summed E-state index contributed by atoms with van der Waals surface area (Å²) in [5.74, 6) is -0.188. The highest BCUT2D eigenvalue weighted by molar-refractivity contribution is 9.10. The largest absolute Gasteiger partial charge is 0.443 e. The molecule has 0 N–H and O–H groups in total. The number of anilines is 1. The first-order valence-corrected chi connectivity index (χ1v) is 11.3. The van der Waals surface area contributed by atoms with Crippen molar-refractivity contribution in [1.29, 1.82) is 0 Å². The topological polar surface area (TPSA) is 164 Å². The highest BCUT2D eigenvalue weighted by Gasteiger charge is 2.36. The van der Waals surface area contributed by atoms with Gasteiger partial charge in [0.1, 0.15) is 27.7 Å². The van der Waals surface area contributed by atoms with E-state index < -0.39 is 28.3 Å². The predicted octanol–water partition coefficient (Wildman–Crippen LogP) is 5.54. The fourth-order valence-corrected chi connectivity index (χ4v) is 2.99. The van der Waals surface area contributed by atoms with Gasteiger partial charge in [-0.2, -0.15) is 4.90 Å². The second-order valence-corrected chi connectivity index (χ2v) is 10.2. The van der Waals surface area contributed by atoms with Crippen molar-refractivity contribution in [1.82, 2.24) is 20.1 Å². The number of carbonyl (C=O) groups is 2. The number of hydrogen-bond acceptors (Lipinski definition) is 11. The van der Waals surface area contributed by atoms with Crippen LogP contribution in [-0.4, -0.2) is 48.4 Å². The molecule has 3 heterocycles. The number of nitro groups is 1. The maximum absolute atomic E-state index is 13.1. The molecule has 14 heteroatoms. The van der Waals surface area contributed by atoms with Crippen molar-refractivity contribution in [2.75, 3.05) is 4.90 Å². The summed E-state index contributed by atoms with van der Waals surface area (Å²) in [7, 11) is 0. The first kappa shape index (κ1) is 26.7. The molecule has 0 aromatic carbocycles. The molecule has 0 aliphatic rings. The van der Waals surface area contributed by atoms with Gasteiger partial charge in [-0.3, -0.25) is 10.1 Å². The molecule has 0 fully saturated rings. The van der Waals surface area contributed by atoms with Crippen molar-refractivity contribution in [3.8, 4) is 22.8 Å². The molecule has 3 aromatic heterocycles. The van der Waals surface area contributed by atoms with Crippen LogP contribution in [0.25, 0.3) is 22.8 Å². The summed E-state index contributed by atoms with van der Waals surface area (Å²) >= 11 is 3.22. The maximum atomic E-state index is 13.1. The van der Waals surface area contributed by atoms with E-state index in [0.29, 0.717) is 4.90 Å². The van der Waals surface area contributed by atoms with Gasteiger partial charge in [0.2, 0.25) is 0 Å². The molecule has 36 heavy (non-hydrogen) atoms. The third kappa shape index (κ3) is 6.59. The van der Waals surface area contributed by atoms with E-state index in [1.165, 1.54) is 24.4 Å². The van der Waals surface area contributed by atoms with E-state index in [4.69, 9.17) is 14.0 Å². The smallest absolute Gasteiger partial charge is 0.425 e. The highest BCUT2D eigenvalue weighted by Crippen LogP contribution is 2.33. The zero-order valence-corrected chi connectivity index (χ0v) is 21.9. The van der Waals surface area contributed by atoms with Crippen LogP contribution in [0.4, 0.5) is 21.1 Å². The van der Waals surface area contributed by atoms with Crippen molar-refractivity contribution in [3.05, 3.63) is 45.3 Å². The number of ether oxygens (including phenoxy) is 2. The lowest BCUT2D eigenvalue weighted by Crippen LogP contribution is -2.44. The number of pyridine rings is 1. The van der Waals surface area contributed by atoms with Gasteiger partial charge in [-0.25, -0.2) is 24.5 Å². The summed E-state index contributed by atoms with van der Waals surface area (Å²) in [5.41, 5.74) is -1.55. The zero-order valence-electron chi connectivity index (χ0n) is 20.3. The van der Waals surface area contributed by atoms with Gasteiger partial charge in [0.25, 0.3) is 5.69 Å². The molecule has 0 spiro atoms. The fraction of sp³-hybridized carbons (Fsp3) is 0.364. The van der Waals surface area contributed by atoms with Crippen LogP contribution in [0.2, 0.25) is 0 Å². The molecule has 2 amide bonds. The molecule has 0 aliphatic carbocycles. The van der Waals surface area contributed by atoms with Crippen molar-refractivity contribution in [2.45, 2.75) is 52.7 Å². The Kier molecular flexibility index (Phi) is 7.38. The third-order valence-corrected chi connectivity index (χ3v) is 4.43. The maximum Gasteiger partial charge on any atom is 0.425 e. The van der Waals surface area contributed by atoms with Crippen LogP contribution in [-0.2, 0) is 9.47 Å². The zero-order chi connectivity index (χ0) is 26.8. The molecular formula is C22H23BrN6O7. The van der Waals surface area contributed by atoms with E-state index in [2.05, 4.69) is 36.0 Å². The second-order valence-electron chi connectivity index (χ2n) is 9.40. The molecular weight excluding hydrogens is 540 g/mol. The minimum Gasteiger partial charge on any atom is -0.443 e. The Morgan fingerprint density at radius 1 is 1.00 bits per heavy atom. The molecule has 0 saturated carbocycles. The Hall–Kier alpha value is -3.94. The normalized spacial score (nSPS) is 11.6. The van der Waals surface area contributed by atoms with E-state index in [0.717, 1.165) is 6.20 Å². The van der Waals surface area contributed by atoms with Crippen molar-refractivity contribution >= 4 is 39.6 Å². The predicted molar refractivity (Wildman–Crippen MR) is 130 cm³/mol. The van der Waals surface area contributed by atoms with Gasteiger partial charge >= 0.3 is 12.2 Å². The summed E-state index contributed by atoms with van der Waals surface area (Å²) in [6, 6.07) is 4.12. The highest BCUT2D eigenvalue weighted by atomic mass is 79.9. The molecule has 0 atom stereocenters. The molecule has 0 bridgehead atoms. The van der Waals surface area contributed by atoms with Gasteiger partial charge in [0, 0.05) is 12.1 Å². The monoisotopic (exact) mass is 562 g/mol. The summed E-state index contributed by atoms with van der Waals surface area (Å²) in [5, 5.41) is 14.8. The van der Waals surface area contributed by atoms with Crippen LogP contribution in [0.1, 0.15) is 41.5 Å². The van der Waals surface area contributed by atoms with Gasteiger partial charge in [0.15, 0.2) is 17.3 Å². The fourth-order valence-electron chi connectivity index (χ4n) is 2.71. The van der Waals surface area contributed by atoms with Crippen molar-refractivity contribution in [3.63, 3.8) is 0 Å². The molecule has 3 rings (SSSR count). The lowest BCUT2D eigenvalue weighted by Gasteiger charge is -2.28. The second kappa shape index (κ2) is 9.97. The number of halogens is 1. The molecule has 0 radical (unpaired) electrons. The average molecular weight is 563 g/mol. The van der Waals surface area contributed by atoms with Crippen LogP contribution in [0.5, 0.6) is 0 Å². The minimum atomic E-state index is -1.04. The average Bonchev–Trinajstić information content (AvgIpc) is 3.22. The van der Waals surface area contributed by atoms with E-state index in [1.54, 1.807) is 41.5 Å². The third-order valence-electron chi connectivity index (χ3n) is 4.05. The number of rotatable bonds is 4. The quantitative estimate of drug-likeness (QED) is 0.289. The number of aromatic nitrogens is 4. The lowest BCUT2D eigenvalue weighted by atomic mass is 10.2. The Morgan fingerprint density at radius 3 is 2.11 bits per heavy atom. The SMILES string of the molecule is CC(C)(C)OC(=O)N(C(=O)OC(C)(C)C)c1ncc(Br)nc1-c1cc(-c2ccc([N+](=O)[O-])cn2)no1. The van der Waals surface area contributed by atoms with Crippen LogP contribution >= 0.6 is 15.9 Å². The summed E-state index contributed by atoms with van der Waals surface area (Å²) in [4.78, 5) is 49.6. The van der Waals surface area contributed by atoms with E-state index in [1.807, 2.05) is 0 Å².